The molecule has 0 saturated carbocycles. The lowest BCUT2D eigenvalue weighted by Crippen LogP contribution is -2.68. The van der Waals surface area contributed by atoms with E-state index in [4.69, 9.17) is 16.9 Å². The molecule has 7 nitrogen and oxygen atoms in total. The number of hydrogen-bond acceptors (Lipinski definition) is 7. The molecule has 0 radical (unpaired) electrons. The standard InChI is InChI=1S/C7H18N5O2PS/c1-11(2)9-7(15-16,10-12(3)4)8-5-6(13)14/h8-10H,5H2,1-4H3,(H,13,14). The number of carboxylic acid groups (broad SMARTS) is 1. The Morgan fingerprint density at radius 3 is 2.00 bits per heavy atom. The van der Waals surface area contributed by atoms with Crippen molar-refractivity contribution in [3.8, 4) is 0 Å². The molecule has 0 amide bonds. The van der Waals surface area contributed by atoms with Gasteiger partial charge < -0.3 is 5.11 Å². The summed E-state index contributed by atoms with van der Waals surface area (Å²) in [5.74, 6) is -0.941. The predicted molar refractivity (Wildman–Crippen MR) is 66.3 cm³/mol. The number of aliphatic carboxylic acids is 1. The number of hydrogen-bond donors (Lipinski definition) is 4. The van der Waals surface area contributed by atoms with Crippen molar-refractivity contribution in [1.29, 1.82) is 0 Å². The average Bonchev–Trinajstić information content (AvgIpc) is 2.12. The van der Waals surface area contributed by atoms with Gasteiger partial charge in [-0.25, -0.2) is 20.9 Å². The van der Waals surface area contributed by atoms with Crippen LogP contribution in [0.4, 0.5) is 0 Å². The van der Waals surface area contributed by atoms with Gasteiger partial charge in [-0.1, -0.05) is 11.8 Å². The monoisotopic (exact) mass is 267 g/mol. The van der Waals surface area contributed by atoms with Gasteiger partial charge in [0.15, 0.2) is 0 Å². The van der Waals surface area contributed by atoms with Gasteiger partial charge in [-0.05, 0) is 0 Å². The van der Waals surface area contributed by atoms with E-state index >= 15 is 0 Å². The van der Waals surface area contributed by atoms with Crippen LogP contribution in [0.1, 0.15) is 0 Å². The molecule has 0 heterocycles. The highest BCUT2D eigenvalue weighted by Gasteiger charge is 2.29. The van der Waals surface area contributed by atoms with Crippen LogP contribution in [0.15, 0.2) is 0 Å². The van der Waals surface area contributed by atoms with Crippen molar-refractivity contribution in [2.45, 2.75) is 5.53 Å². The summed E-state index contributed by atoms with van der Waals surface area (Å²) < 4.78 is 0. The summed E-state index contributed by atoms with van der Waals surface area (Å²) in [6.07, 6.45) is 0. The summed E-state index contributed by atoms with van der Waals surface area (Å²) in [6.45, 7) is -0.189. The zero-order valence-electron chi connectivity index (χ0n) is 9.81. The zero-order chi connectivity index (χ0) is 12.8. The van der Waals surface area contributed by atoms with Gasteiger partial charge in [-0.2, -0.15) is 0 Å². The molecule has 0 spiro atoms. The number of rotatable bonds is 8. The smallest absolute Gasteiger partial charge is 0.317 e. The summed E-state index contributed by atoms with van der Waals surface area (Å²) in [4.78, 5) is 10.6. The van der Waals surface area contributed by atoms with Crippen LogP contribution in [0.2, 0.25) is 0 Å². The third-order valence-corrected chi connectivity index (χ3v) is 2.86. The first kappa shape index (κ1) is 15.8. The van der Waals surface area contributed by atoms with E-state index in [1.54, 1.807) is 38.2 Å². The van der Waals surface area contributed by atoms with Gasteiger partial charge in [0.2, 0.25) is 5.53 Å². The van der Waals surface area contributed by atoms with Crippen LogP contribution in [0, 0.1) is 0 Å². The van der Waals surface area contributed by atoms with Crippen molar-refractivity contribution in [3.05, 3.63) is 0 Å². The molecule has 0 bridgehead atoms. The van der Waals surface area contributed by atoms with Crippen LogP contribution in [-0.2, 0) is 16.6 Å². The van der Waals surface area contributed by atoms with Crippen molar-refractivity contribution < 1.29 is 9.90 Å². The second kappa shape index (κ2) is 7.18. The van der Waals surface area contributed by atoms with Crippen molar-refractivity contribution in [3.63, 3.8) is 0 Å². The third-order valence-electron chi connectivity index (χ3n) is 1.40. The van der Waals surface area contributed by atoms with E-state index in [9.17, 15) is 4.79 Å². The molecule has 0 aliphatic rings. The quantitative estimate of drug-likeness (QED) is 0.248. The van der Waals surface area contributed by atoms with Crippen LogP contribution in [0.5, 0.6) is 0 Å². The molecule has 0 aromatic rings. The Balaban J connectivity index is 4.65. The van der Waals surface area contributed by atoms with E-state index in [1.807, 2.05) is 0 Å². The van der Waals surface area contributed by atoms with E-state index in [1.165, 1.54) is 0 Å². The molecule has 16 heavy (non-hydrogen) atoms. The predicted octanol–water partition coefficient (Wildman–Crippen LogP) is -1.19. The van der Waals surface area contributed by atoms with Gasteiger partial charge in [0.1, 0.15) is 0 Å². The maximum atomic E-state index is 10.6. The molecule has 0 aliphatic heterocycles. The molecule has 0 aliphatic carbocycles. The van der Waals surface area contributed by atoms with Crippen molar-refractivity contribution in [2.24, 2.45) is 0 Å². The van der Waals surface area contributed by atoms with Crippen LogP contribution in [0.3, 0.4) is 0 Å². The van der Waals surface area contributed by atoms with E-state index in [0.29, 0.717) is 7.36 Å². The highest BCUT2D eigenvalue weighted by atomic mass is 32.4. The van der Waals surface area contributed by atoms with Crippen molar-refractivity contribution in [1.82, 2.24) is 26.2 Å². The van der Waals surface area contributed by atoms with Gasteiger partial charge in [-0.15, -0.1) is 0 Å². The Kier molecular flexibility index (Phi) is 7.09. The summed E-state index contributed by atoms with van der Waals surface area (Å²) in [5, 5.41) is 14.9. The lowest BCUT2D eigenvalue weighted by atomic mass is 10.6. The molecule has 0 saturated heterocycles. The van der Waals surface area contributed by atoms with Gasteiger partial charge in [0.05, 0.1) is 6.54 Å². The van der Waals surface area contributed by atoms with Gasteiger partial charge in [0.25, 0.3) is 0 Å². The highest BCUT2D eigenvalue weighted by Crippen LogP contribution is 2.13. The molecule has 0 fully saturated rings. The van der Waals surface area contributed by atoms with Gasteiger partial charge in [-0.3, -0.25) is 10.1 Å². The fourth-order valence-electron chi connectivity index (χ4n) is 1.03. The Morgan fingerprint density at radius 2 is 1.75 bits per heavy atom. The average molecular weight is 267 g/mol. The topological polar surface area (TPSA) is 79.9 Å². The molecule has 0 atom stereocenters. The maximum absolute atomic E-state index is 10.6. The van der Waals surface area contributed by atoms with E-state index in [-0.39, 0.29) is 6.54 Å². The minimum absolute atomic E-state index is 0.189. The fourth-order valence-corrected chi connectivity index (χ4v) is 2.09. The Labute approximate surface area is 102 Å². The first-order chi connectivity index (χ1) is 7.31. The SMILES string of the molecule is CN(C)NC(NCC(=O)O)(NN(C)C)P=S. The summed E-state index contributed by atoms with van der Waals surface area (Å²) >= 11 is 5.01. The van der Waals surface area contributed by atoms with Crippen LogP contribution in [0.25, 0.3) is 0 Å². The molecule has 4 N–H and O–H groups in total. The van der Waals surface area contributed by atoms with Crippen LogP contribution < -0.4 is 16.2 Å². The fraction of sp³-hybridized carbons (Fsp3) is 0.857. The van der Waals surface area contributed by atoms with Gasteiger partial charge in [0, 0.05) is 35.5 Å². The first-order valence-corrected chi connectivity index (χ1v) is 6.43. The van der Waals surface area contributed by atoms with Crippen molar-refractivity contribution >= 4 is 25.1 Å². The molecule has 0 aromatic heterocycles. The molecule has 0 rings (SSSR count). The zero-order valence-corrected chi connectivity index (χ0v) is 11.5. The van der Waals surface area contributed by atoms with E-state index < -0.39 is 11.5 Å². The first-order valence-electron chi connectivity index (χ1n) is 4.53. The molecule has 0 aromatic carbocycles. The number of carboxylic acids is 1. The third kappa shape index (κ3) is 6.39. The second-order valence-electron chi connectivity index (χ2n) is 3.56. The Bertz CT molecular complexity index is 241. The largest absolute Gasteiger partial charge is 0.480 e. The molecular weight excluding hydrogens is 249 g/mol. The van der Waals surface area contributed by atoms with E-state index in [0.717, 1.165) is 0 Å². The lowest BCUT2D eigenvalue weighted by molar-refractivity contribution is -0.136. The molecule has 94 valence electrons. The molecule has 0 unspecified atom stereocenters. The van der Waals surface area contributed by atoms with Gasteiger partial charge >= 0.3 is 5.97 Å². The number of hydrazine groups is 2. The second-order valence-corrected chi connectivity index (χ2v) is 4.96. The lowest BCUT2D eigenvalue weighted by Gasteiger charge is -2.36. The van der Waals surface area contributed by atoms with Crippen LogP contribution in [-0.4, -0.2) is 61.4 Å². The van der Waals surface area contributed by atoms with Crippen molar-refractivity contribution in [2.75, 3.05) is 34.7 Å². The summed E-state index contributed by atoms with van der Waals surface area (Å²) in [7, 11) is 7.72. The maximum Gasteiger partial charge on any atom is 0.317 e. The normalized spacial score (nSPS) is 12.6. The number of nitrogens with one attached hydrogen (secondary N) is 3. The minimum atomic E-state index is -0.941. The molecule has 9 heteroatoms. The molecular formula is C7H18N5O2PS. The summed E-state index contributed by atoms with van der Waals surface area (Å²) in [5.41, 5.74) is 5.16. The summed E-state index contributed by atoms with van der Waals surface area (Å²) in [6, 6.07) is 0. The Hall–Kier alpha value is -0.210. The number of nitrogens with zero attached hydrogens (tertiary/aromatic N) is 2. The van der Waals surface area contributed by atoms with E-state index in [2.05, 4.69) is 16.2 Å². The highest BCUT2D eigenvalue weighted by molar-refractivity contribution is 7.97. The minimum Gasteiger partial charge on any atom is -0.480 e. The number of carbonyl (C=O) groups is 1. The Morgan fingerprint density at radius 1 is 1.31 bits per heavy atom. The van der Waals surface area contributed by atoms with Crippen LogP contribution >= 0.6 is 7.36 Å².